The molecule has 0 saturated carbocycles. The zero-order valence-electron chi connectivity index (χ0n) is 12.3. The van der Waals surface area contributed by atoms with Gasteiger partial charge in [0.25, 0.3) is 5.91 Å². The summed E-state index contributed by atoms with van der Waals surface area (Å²) in [5.74, 6) is 0.625. The van der Waals surface area contributed by atoms with Crippen LogP contribution in [0.15, 0.2) is 36.9 Å². The van der Waals surface area contributed by atoms with Crippen LogP contribution in [0, 0.1) is 0 Å². The van der Waals surface area contributed by atoms with E-state index in [1.807, 2.05) is 0 Å². The van der Waals surface area contributed by atoms with Gasteiger partial charge in [-0.1, -0.05) is 0 Å². The SMILES string of the molecule is CNc1nccnc1[C@@H]1CN(C(=O)c2cccnc2)CCO1. The Bertz CT molecular complexity index is 649. The molecule has 1 N–H and O–H groups in total. The van der Waals surface area contributed by atoms with Crippen molar-refractivity contribution in [3.05, 3.63) is 48.2 Å². The van der Waals surface area contributed by atoms with Gasteiger partial charge in [0.2, 0.25) is 0 Å². The van der Waals surface area contributed by atoms with E-state index in [2.05, 4.69) is 20.3 Å². The molecule has 0 unspecified atom stereocenters. The molecule has 0 spiro atoms. The van der Waals surface area contributed by atoms with E-state index in [1.165, 1.54) is 0 Å². The van der Waals surface area contributed by atoms with E-state index in [4.69, 9.17) is 4.74 Å². The van der Waals surface area contributed by atoms with Crippen LogP contribution in [0.4, 0.5) is 5.82 Å². The Morgan fingerprint density at radius 1 is 1.36 bits per heavy atom. The van der Waals surface area contributed by atoms with Crippen molar-refractivity contribution in [2.45, 2.75) is 6.10 Å². The van der Waals surface area contributed by atoms with Gasteiger partial charge in [-0.05, 0) is 12.1 Å². The summed E-state index contributed by atoms with van der Waals surface area (Å²) in [6.07, 6.45) is 6.19. The van der Waals surface area contributed by atoms with Gasteiger partial charge in [-0.15, -0.1) is 0 Å². The number of anilines is 1. The number of ether oxygens (including phenoxy) is 1. The Morgan fingerprint density at radius 3 is 3.00 bits per heavy atom. The first kappa shape index (κ1) is 14.4. The molecule has 1 amide bonds. The highest BCUT2D eigenvalue weighted by Gasteiger charge is 2.28. The van der Waals surface area contributed by atoms with Crippen LogP contribution in [-0.2, 0) is 4.74 Å². The molecule has 0 aromatic carbocycles. The minimum absolute atomic E-state index is 0.0451. The average molecular weight is 299 g/mol. The molecule has 3 heterocycles. The average Bonchev–Trinajstić information content (AvgIpc) is 2.62. The minimum Gasteiger partial charge on any atom is -0.372 e. The highest BCUT2D eigenvalue weighted by molar-refractivity contribution is 5.93. The summed E-state index contributed by atoms with van der Waals surface area (Å²) >= 11 is 0. The van der Waals surface area contributed by atoms with Crippen LogP contribution >= 0.6 is 0 Å². The number of carbonyl (C=O) groups excluding carboxylic acids is 1. The van der Waals surface area contributed by atoms with Gasteiger partial charge in [-0.25, -0.2) is 4.98 Å². The summed E-state index contributed by atoms with van der Waals surface area (Å²) < 4.78 is 5.77. The molecule has 1 aliphatic heterocycles. The monoisotopic (exact) mass is 299 g/mol. The fourth-order valence-electron chi connectivity index (χ4n) is 2.45. The third-order valence-corrected chi connectivity index (χ3v) is 3.53. The predicted molar refractivity (Wildman–Crippen MR) is 80.4 cm³/mol. The molecule has 114 valence electrons. The van der Waals surface area contributed by atoms with Crippen molar-refractivity contribution in [3.63, 3.8) is 0 Å². The molecule has 7 nitrogen and oxygen atoms in total. The van der Waals surface area contributed by atoms with Crippen LogP contribution in [0.1, 0.15) is 22.2 Å². The van der Waals surface area contributed by atoms with Gasteiger partial charge in [0, 0.05) is 38.4 Å². The lowest BCUT2D eigenvalue weighted by atomic mass is 10.1. The van der Waals surface area contributed by atoms with Crippen molar-refractivity contribution in [2.24, 2.45) is 0 Å². The second kappa shape index (κ2) is 6.48. The molecule has 7 heteroatoms. The number of amides is 1. The second-order valence-corrected chi connectivity index (χ2v) is 4.89. The molecule has 1 saturated heterocycles. The molecule has 2 aromatic heterocycles. The first-order chi connectivity index (χ1) is 10.8. The molecule has 1 fully saturated rings. The quantitative estimate of drug-likeness (QED) is 0.915. The van der Waals surface area contributed by atoms with Crippen molar-refractivity contribution in [1.82, 2.24) is 19.9 Å². The van der Waals surface area contributed by atoms with Gasteiger partial charge in [-0.3, -0.25) is 14.8 Å². The highest BCUT2D eigenvalue weighted by atomic mass is 16.5. The number of hydrogen-bond donors (Lipinski definition) is 1. The van der Waals surface area contributed by atoms with Gasteiger partial charge in [0.05, 0.1) is 18.7 Å². The number of nitrogens with zero attached hydrogens (tertiary/aromatic N) is 4. The molecular formula is C15H17N5O2. The zero-order chi connectivity index (χ0) is 15.4. The molecule has 0 aliphatic carbocycles. The third-order valence-electron chi connectivity index (χ3n) is 3.53. The molecule has 22 heavy (non-hydrogen) atoms. The van der Waals surface area contributed by atoms with E-state index in [-0.39, 0.29) is 12.0 Å². The molecule has 2 aromatic rings. The number of nitrogens with one attached hydrogen (secondary N) is 1. The van der Waals surface area contributed by atoms with Gasteiger partial charge in [-0.2, -0.15) is 0 Å². The van der Waals surface area contributed by atoms with Crippen LogP contribution in [0.5, 0.6) is 0 Å². The third kappa shape index (κ3) is 2.89. The van der Waals surface area contributed by atoms with E-state index in [9.17, 15) is 4.79 Å². The molecule has 1 atom stereocenters. The molecule has 1 aliphatic rings. The normalized spacial score (nSPS) is 18.0. The number of hydrogen-bond acceptors (Lipinski definition) is 6. The first-order valence-corrected chi connectivity index (χ1v) is 7.09. The summed E-state index contributed by atoms with van der Waals surface area (Å²) in [5, 5.41) is 3.00. The lowest BCUT2D eigenvalue weighted by Gasteiger charge is -2.33. The highest BCUT2D eigenvalue weighted by Crippen LogP contribution is 2.25. The van der Waals surface area contributed by atoms with E-state index in [0.717, 1.165) is 0 Å². The molecule has 0 bridgehead atoms. The number of rotatable bonds is 3. The molecule has 3 rings (SSSR count). The Hall–Kier alpha value is -2.54. The summed E-state index contributed by atoms with van der Waals surface area (Å²) in [7, 11) is 1.79. The summed E-state index contributed by atoms with van der Waals surface area (Å²) in [6, 6.07) is 3.52. The van der Waals surface area contributed by atoms with Crippen molar-refractivity contribution < 1.29 is 9.53 Å². The molecule has 0 radical (unpaired) electrons. The second-order valence-electron chi connectivity index (χ2n) is 4.89. The maximum atomic E-state index is 12.5. The van der Waals surface area contributed by atoms with Crippen molar-refractivity contribution >= 4 is 11.7 Å². The van der Waals surface area contributed by atoms with Gasteiger partial charge in [0.1, 0.15) is 17.6 Å². The summed E-state index contributed by atoms with van der Waals surface area (Å²) in [5.41, 5.74) is 1.30. The molecular weight excluding hydrogens is 282 g/mol. The van der Waals surface area contributed by atoms with Crippen molar-refractivity contribution in [3.8, 4) is 0 Å². The standard InChI is InChI=1S/C15H17N5O2/c1-16-14-13(18-5-6-19-14)12-10-20(7-8-22-12)15(21)11-3-2-4-17-9-11/h2-6,9,12H,7-8,10H2,1H3,(H,16,19)/t12-/m0/s1. The minimum atomic E-state index is -0.287. The van der Waals surface area contributed by atoms with Crippen molar-refractivity contribution in [1.29, 1.82) is 0 Å². The van der Waals surface area contributed by atoms with Crippen molar-refractivity contribution in [2.75, 3.05) is 32.1 Å². The van der Waals surface area contributed by atoms with E-state index >= 15 is 0 Å². The smallest absolute Gasteiger partial charge is 0.255 e. The predicted octanol–water partition coefficient (Wildman–Crippen LogP) is 1.13. The lowest BCUT2D eigenvalue weighted by Crippen LogP contribution is -2.42. The van der Waals surface area contributed by atoms with Gasteiger partial charge >= 0.3 is 0 Å². The van der Waals surface area contributed by atoms with Crippen LogP contribution < -0.4 is 5.32 Å². The number of morpholine rings is 1. The Kier molecular flexibility index (Phi) is 4.24. The summed E-state index contributed by atoms with van der Waals surface area (Å²) in [4.78, 5) is 26.8. The Labute approximate surface area is 128 Å². The zero-order valence-corrected chi connectivity index (χ0v) is 12.3. The van der Waals surface area contributed by atoms with E-state index in [1.54, 1.807) is 48.9 Å². The maximum Gasteiger partial charge on any atom is 0.255 e. The van der Waals surface area contributed by atoms with E-state index < -0.39 is 0 Å². The number of aromatic nitrogens is 3. The van der Waals surface area contributed by atoms with Gasteiger partial charge < -0.3 is 15.0 Å². The van der Waals surface area contributed by atoms with E-state index in [0.29, 0.717) is 36.8 Å². The fraction of sp³-hybridized carbons (Fsp3) is 0.333. The van der Waals surface area contributed by atoms with Crippen LogP contribution in [0.25, 0.3) is 0 Å². The Morgan fingerprint density at radius 2 is 2.23 bits per heavy atom. The van der Waals surface area contributed by atoms with Crippen LogP contribution in [0.3, 0.4) is 0 Å². The first-order valence-electron chi connectivity index (χ1n) is 7.09. The van der Waals surface area contributed by atoms with Crippen LogP contribution in [0.2, 0.25) is 0 Å². The fourth-order valence-corrected chi connectivity index (χ4v) is 2.45. The van der Waals surface area contributed by atoms with Gasteiger partial charge in [0.15, 0.2) is 0 Å². The number of pyridine rings is 1. The topological polar surface area (TPSA) is 80.2 Å². The summed E-state index contributed by atoms with van der Waals surface area (Å²) in [6.45, 7) is 1.47. The number of carbonyl (C=O) groups is 1. The Balaban J connectivity index is 1.78. The maximum absolute atomic E-state index is 12.5. The largest absolute Gasteiger partial charge is 0.372 e. The van der Waals surface area contributed by atoms with Crippen LogP contribution in [-0.4, -0.2) is 52.5 Å². The lowest BCUT2D eigenvalue weighted by molar-refractivity contribution is -0.0245.